The third kappa shape index (κ3) is 3.28. The van der Waals surface area contributed by atoms with Gasteiger partial charge in [-0.2, -0.15) is 0 Å². The molecule has 0 saturated heterocycles. The van der Waals surface area contributed by atoms with Gasteiger partial charge >= 0.3 is 0 Å². The van der Waals surface area contributed by atoms with Gasteiger partial charge in [0, 0.05) is 0 Å². The topological polar surface area (TPSA) is 63.2 Å². The zero-order chi connectivity index (χ0) is 15.5. The Bertz CT molecular complexity index is 772. The molecule has 0 spiro atoms. The highest BCUT2D eigenvalue weighted by molar-refractivity contribution is 7.91. The molecule has 0 bridgehead atoms. The largest absolute Gasteiger partial charge is 0.321 e. The van der Waals surface area contributed by atoms with Crippen LogP contribution in [0.15, 0.2) is 53.4 Å². The van der Waals surface area contributed by atoms with E-state index in [0.717, 1.165) is 0 Å². The molecule has 21 heavy (non-hydrogen) atoms. The third-order valence-corrected chi connectivity index (χ3v) is 4.76. The number of carbonyl (C=O) groups is 1. The Morgan fingerprint density at radius 2 is 1.71 bits per heavy atom. The first kappa shape index (κ1) is 15.2. The first-order valence-electron chi connectivity index (χ1n) is 6.33. The van der Waals surface area contributed by atoms with Gasteiger partial charge in [-0.1, -0.05) is 31.2 Å². The normalized spacial score (nSPS) is 11.1. The van der Waals surface area contributed by atoms with E-state index in [1.54, 1.807) is 12.1 Å². The molecule has 0 fully saturated rings. The van der Waals surface area contributed by atoms with Crippen LogP contribution in [0.1, 0.15) is 17.3 Å². The Morgan fingerprint density at radius 1 is 1.10 bits per heavy atom. The molecule has 6 heteroatoms. The van der Waals surface area contributed by atoms with E-state index in [2.05, 4.69) is 5.32 Å². The molecule has 0 aliphatic rings. The Kier molecular flexibility index (Phi) is 4.37. The molecule has 0 aliphatic carbocycles. The predicted octanol–water partition coefficient (Wildman–Crippen LogP) is 2.87. The number of benzene rings is 2. The maximum Gasteiger partial charge on any atom is 0.258 e. The summed E-state index contributed by atoms with van der Waals surface area (Å²) in [4.78, 5) is 12.1. The van der Waals surface area contributed by atoms with E-state index in [1.165, 1.54) is 43.3 Å². The summed E-state index contributed by atoms with van der Waals surface area (Å²) in [7, 11) is -3.48. The van der Waals surface area contributed by atoms with Crippen LogP contribution in [0.2, 0.25) is 0 Å². The third-order valence-electron chi connectivity index (χ3n) is 2.97. The summed E-state index contributed by atoms with van der Waals surface area (Å²) >= 11 is 0. The van der Waals surface area contributed by atoms with E-state index in [4.69, 9.17) is 0 Å². The highest BCUT2D eigenvalue weighted by Gasteiger charge is 2.19. The van der Waals surface area contributed by atoms with Crippen LogP contribution < -0.4 is 5.32 Å². The molecule has 1 N–H and O–H groups in total. The van der Waals surface area contributed by atoms with Crippen LogP contribution in [0, 0.1) is 5.82 Å². The van der Waals surface area contributed by atoms with Crippen LogP contribution in [0.5, 0.6) is 0 Å². The smallest absolute Gasteiger partial charge is 0.258 e. The molecule has 0 unspecified atom stereocenters. The van der Waals surface area contributed by atoms with Gasteiger partial charge in [0.25, 0.3) is 5.91 Å². The SMILES string of the molecule is CCS(=O)(=O)c1ccccc1NC(=O)c1ccccc1F. The lowest BCUT2D eigenvalue weighted by Gasteiger charge is -2.11. The van der Waals surface area contributed by atoms with Crippen LogP contribution in [-0.4, -0.2) is 20.1 Å². The standard InChI is InChI=1S/C15H14FNO3S/c1-2-21(19,20)14-10-6-5-9-13(14)17-15(18)11-7-3-4-8-12(11)16/h3-10H,2H2,1H3,(H,17,18). The fourth-order valence-corrected chi connectivity index (χ4v) is 2.88. The molecule has 2 aromatic rings. The van der Waals surface area contributed by atoms with Gasteiger partial charge in [-0.25, -0.2) is 12.8 Å². The van der Waals surface area contributed by atoms with Gasteiger partial charge < -0.3 is 5.32 Å². The average molecular weight is 307 g/mol. The lowest BCUT2D eigenvalue weighted by molar-refractivity contribution is 0.102. The summed E-state index contributed by atoms with van der Waals surface area (Å²) in [6.07, 6.45) is 0. The maximum absolute atomic E-state index is 13.6. The van der Waals surface area contributed by atoms with Gasteiger partial charge in [-0.3, -0.25) is 4.79 Å². The molecule has 0 saturated carbocycles. The molecule has 4 nitrogen and oxygen atoms in total. The van der Waals surface area contributed by atoms with E-state index in [-0.39, 0.29) is 21.9 Å². The second-order valence-electron chi connectivity index (χ2n) is 4.33. The van der Waals surface area contributed by atoms with Crippen LogP contribution in [0.4, 0.5) is 10.1 Å². The molecular formula is C15H14FNO3S. The summed E-state index contributed by atoms with van der Waals surface area (Å²) in [5.74, 6) is -1.43. The molecule has 110 valence electrons. The highest BCUT2D eigenvalue weighted by atomic mass is 32.2. The predicted molar refractivity (Wildman–Crippen MR) is 78.5 cm³/mol. The van der Waals surface area contributed by atoms with E-state index >= 15 is 0 Å². The summed E-state index contributed by atoms with van der Waals surface area (Å²) < 4.78 is 37.5. The van der Waals surface area contributed by atoms with Gasteiger partial charge in [0.1, 0.15) is 5.82 Å². The van der Waals surface area contributed by atoms with Crippen molar-refractivity contribution in [2.24, 2.45) is 0 Å². The quantitative estimate of drug-likeness (QED) is 0.944. The number of carbonyl (C=O) groups excluding carboxylic acids is 1. The first-order chi connectivity index (χ1) is 9.95. The van der Waals surface area contributed by atoms with Gasteiger partial charge in [0.15, 0.2) is 9.84 Å². The fraction of sp³-hybridized carbons (Fsp3) is 0.133. The van der Waals surface area contributed by atoms with Crippen molar-refractivity contribution in [2.45, 2.75) is 11.8 Å². The number of hydrogen-bond donors (Lipinski definition) is 1. The fourth-order valence-electron chi connectivity index (χ4n) is 1.83. The lowest BCUT2D eigenvalue weighted by Crippen LogP contribution is -2.16. The van der Waals surface area contributed by atoms with E-state index in [1.807, 2.05) is 0 Å². The monoisotopic (exact) mass is 307 g/mol. The molecular weight excluding hydrogens is 293 g/mol. The summed E-state index contributed by atoms with van der Waals surface area (Å²) in [6.45, 7) is 1.52. The van der Waals surface area contributed by atoms with Crippen molar-refractivity contribution in [3.63, 3.8) is 0 Å². The molecule has 0 aromatic heterocycles. The van der Waals surface area contributed by atoms with Crippen molar-refractivity contribution in [3.05, 3.63) is 59.9 Å². The molecule has 0 heterocycles. The number of anilines is 1. The van der Waals surface area contributed by atoms with Gasteiger partial charge in [-0.15, -0.1) is 0 Å². The summed E-state index contributed by atoms with van der Waals surface area (Å²) in [5, 5.41) is 2.45. The Hall–Kier alpha value is -2.21. The molecule has 2 aromatic carbocycles. The minimum absolute atomic E-state index is 0.0252. The van der Waals surface area contributed by atoms with Crippen molar-refractivity contribution >= 4 is 21.4 Å². The van der Waals surface area contributed by atoms with Crippen LogP contribution in [-0.2, 0) is 9.84 Å². The summed E-state index contributed by atoms with van der Waals surface area (Å²) in [6, 6.07) is 11.6. The first-order valence-corrected chi connectivity index (χ1v) is 7.98. The lowest BCUT2D eigenvalue weighted by atomic mass is 10.2. The van der Waals surface area contributed by atoms with E-state index < -0.39 is 21.6 Å². The van der Waals surface area contributed by atoms with Crippen LogP contribution in [0.25, 0.3) is 0 Å². The number of hydrogen-bond acceptors (Lipinski definition) is 3. The van der Waals surface area contributed by atoms with Gasteiger partial charge in [0.05, 0.1) is 21.9 Å². The number of halogens is 1. The Morgan fingerprint density at radius 3 is 2.38 bits per heavy atom. The molecule has 1 amide bonds. The molecule has 2 rings (SSSR count). The van der Waals surface area contributed by atoms with E-state index in [0.29, 0.717) is 0 Å². The van der Waals surface area contributed by atoms with Gasteiger partial charge in [0.2, 0.25) is 0 Å². The number of sulfone groups is 1. The van der Waals surface area contributed by atoms with Crippen molar-refractivity contribution in [1.82, 2.24) is 0 Å². The van der Waals surface area contributed by atoms with E-state index in [9.17, 15) is 17.6 Å². The molecule has 0 aliphatic heterocycles. The maximum atomic E-state index is 13.6. The zero-order valence-electron chi connectivity index (χ0n) is 11.3. The number of amides is 1. The second-order valence-corrected chi connectivity index (χ2v) is 6.58. The minimum Gasteiger partial charge on any atom is -0.321 e. The molecule has 0 atom stereocenters. The molecule has 0 radical (unpaired) electrons. The Balaban J connectivity index is 2.38. The van der Waals surface area contributed by atoms with Gasteiger partial charge in [-0.05, 0) is 24.3 Å². The second kappa shape index (κ2) is 6.05. The minimum atomic E-state index is -3.48. The highest BCUT2D eigenvalue weighted by Crippen LogP contribution is 2.23. The van der Waals surface area contributed by atoms with Crippen molar-refractivity contribution in [3.8, 4) is 0 Å². The van der Waals surface area contributed by atoms with Crippen molar-refractivity contribution in [1.29, 1.82) is 0 Å². The van der Waals surface area contributed by atoms with Crippen LogP contribution >= 0.6 is 0 Å². The zero-order valence-corrected chi connectivity index (χ0v) is 12.2. The number of rotatable bonds is 4. The van der Waals surface area contributed by atoms with Crippen molar-refractivity contribution in [2.75, 3.05) is 11.1 Å². The number of para-hydroxylation sites is 1. The number of nitrogens with one attached hydrogen (secondary N) is 1. The Labute approximate surface area is 122 Å². The van der Waals surface area contributed by atoms with Crippen LogP contribution in [0.3, 0.4) is 0 Å². The average Bonchev–Trinajstić information content (AvgIpc) is 2.48. The summed E-state index contributed by atoms with van der Waals surface area (Å²) in [5.41, 5.74) is 0.00815. The van der Waals surface area contributed by atoms with Crippen molar-refractivity contribution < 1.29 is 17.6 Å².